The molecule has 0 atom stereocenters. The van der Waals surface area contributed by atoms with Gasteiger partial charge in [0, 0.05) is 0 Å². The Morgan fingerprint density at radius 3 is 2.82 bits per heavy atom. The third kappa shape index (κ3) is 2.69. The Kier molecular flexibility index (Phi) is 2.87. The normalized spacial score (nSPS) is 9.88. The zero-order valence-corrected chi connectivity index (χ0v) is 8.58. The van der Waals surface area contributed by atoms with E-state index < -0.39 is 11.7 Å². The summed E-state index contributed by atoms with van der Waals surface area (Å²) < 4.78 is 5.33. The fourth-order valence-corrected chi connectivity index (χ4v) is 1.21. The molecule has 0 bridgehead atoms. The van der Waals surface area contributed by atoms with E-state index in [0.29, 0.717) is 11.5 Å². The van der Waals surface area contributed by atoms with Crippen molar-refractivity contribution in [1.82, 2.24) is 9.97 Å². The van der Waals surface area contributed by atoms with Crippen molar-refractivity contribution >= 4 is 5.97 Å². The molecule has 17 heavy (non-hydrogen) atoms. The summed E-state index contributed by atoms with van der Waals surface area (Å²) in [6.45, 7) is 0. The van der Waals surface area contributed by atoms with Gasteiger partial charge in [0.1, 0.15) is 5.75 Å². The molecule has 0 unspecified atom stereocenters. The molecular weight excluding hydrogens is 224 g/mol. The molecule has 1 aromatic heterocycles. The van der Waals surface area contributed by atoms with Crippen molar-refractivity contribution < 1.29 is 14.6 Å². The van der Waals surface area contributed by atoms with E-state index in [1.165, 1.54) is 24.5 Å². The number of hydrogen-bond donors (Lipinski definition) is 2. The van der Waals surface area contributed by atoms with Gasteiger partial charge in [-0.15, -0.1) is 0 Å². The van der Waals surface area contributed by atoms with Crippen LogP contribution in [0.1, 0.15) is 10.4 Å². The number of benzene rings is 1. The van der Waals surface area contributed by atoms with Gasteiger partial charge in [-0.1, -0.05) is 6.07 Å². The second-order valence-electron chi connectivity index (χ2n) is 3.19. The topological polar surface area (TPSA) is 92.3 Å². The van der Waals surface area contributed by atoms with E-state index in [0.717, 1.165) is 0 Å². The molecule has 1 heterocycles. The van der Waals surface area contributed by atoms with Crippen molar-refractivity contribution in [3.05, 3.63) is 52.7 Å². The Morgan fingerprint density at radius 2 is 2.18 bits per heavy atom. The van der Waals surface area contributed by atoms with Crippen LogP contribution in [0.5, 0.6) is 11.5 Å². The van der Waals surface area contributed by atoms with Crippen LogP contribution in [0.4, 0.5) is 0 Å². The monoisotopic (exact) mass is 232 g/mol. The van der Waals surface area contributed by atoms with Crippen molar-refractivity contribution in [1.29, 1.82) is 0 Å². The number of aromatic nitrogens is 2. The predicted molar refractivity (Wildman–Crippen MR) is 58.3 cm³/mol. The highest BCUT2D eigenvalue weighted by atomic mass is 16.5. The van der Waals surface area contributed by atoms with Crippen molar-refractivity contribution in [2.45, 2.75) is 0 Å². The minimum atomic E-state index is -1.03. The summed E-state index contributed by atoms with van der Waals surface area (Å²) in [5.74, 6) is -0.346. The molecule has 0 aliphatic heterocycles. The minimum absolute atomic E-state index is 0.125. The molecule has 6 nitrogen and oxygen atoms in total. The highest BCUT2D eigenvalue weighted by Crippen LogP contribution is 2.20. The van der Waals surface area contributed by atoms with Crippen LogP contribution < -0.4 is 10.4 Å². The highest BCUT2D eigenvalue weighted by molar-refractivity contribution is 5.88. The number of carboxylic acid groups (broad SMARTS) is 1. The van der Waals surface area contributed by atoms with Gasteiger partial charge in [-0.2, -0.15) is 4.98 Å². The maximum absolute atomic E-state index is 10.7. The average Bonchev–Trinajstić information content (AvgIpc) is 2.32. The van der Waals surface area contributed by atoms with Crippen LogP contribution >= 0.6 is 0 Å². The number of nitrogens with zero attached hydrogens (tertiary/aromatic N) is 1. The van der Waals surface area contributed by atoms with E-state index in [-0.39, 0.29) is 5.56 Å². The molecule has 0 aliphatic rings. The lowest BCUT2D eigenvalue weighted by Gasteiger charge is -2.04. The summed E-state index contributed by atoms with van der Waals surface area (Å²) >= 11 is 0. The van der Waals surface area contributed by atoms with Crippen molar-refractivity contribution in [3.8, 4) is 11.5 Å². The van der Waals surface area contributed by atoms with E-state index in [2.05, 4.69) is 9.97 Å². The summed E-state index contributed by atoms with van der Waals surface area (Å²) in [4.78, 5) is 27.3. The summed E-state index contributed by atoms with van der Waals surface area (Å²) in [5.41, 5.74) is -0.350. The van der Waals surface area contributed by atoms with Gasteiger partial charge in [0.25, 0.3) is 0 Å². The molecule has 86 valence electrons. The molecule has 0 aliphatic carbocycles. The summed E-state index contributed by atoms with van der Waals surface area (Å²) in [6, 6.07) is 6.02. The zero-order chi connectivity index (χ0) is 12.3. The van der Waals surface area contributed by atoms with Gasteiger partial charge >= 0.3 is 11.7 Å². The summed E-state index contributed by atoms with van der Waals surface area (Å²) in [5, 5.41) is 8.80. The smallest absolute Gasteiger partial charge is 0.345 e. The molecule has 6 heteroatoms. The maximum Gasteiger partial charge on any atom is 0.345 e. The first-order valence-corrected chi connectivity index (χ1v) is 4.71. The Hall–Kier alpha value is -2.63. The second kappa shape index (κ2) is 4.48. The van der Waals surface area contributed by atoms with E-state index in [4.69, 9.17) is 9.84 Å². The Bertz CT molecular complexity index is 586. The first kappa shape index (κ1) is 10.9. The Balaban J connectivity index is 2.24. The molecular formula is C11H8N2O4. The second-order valence-corrected chi connectivity index (χ2v) is 3.19. The molecule has 1 aromatic carbocycles. The van der Waals surface area contributed by atoms with Crippen LogP contribution in [0, 0.1) is 0 Å². The number of H-pyrrole nitrogens is 1. The lowest BCUT2D eigenvalue weighted by atomic mass is 10.2. The van der Waals surface area contributed by atoms with Gasteiger partial charge in [0.2, 0.25) is 0 Å². The predicted octanol–water partition coefficient (Wildman–Crippen LogP) is 1.26. The fraction of sp³-hybridized carbons (Fsp3) is 0. The number of rotatable bonds is 3. The van der Waals surface area contributed by atoms with E-state index in [1.807, 2.05) is 0 Å². The van der Waals surface area contributed by atoms with Crippen LogP contribution in [-0.2, 0) is 0 Å². The third-order valence-electron chi connectivity index (χ3n) is 1.96. The van der Waals surface area contributed by atoms with Gasteiger partial charge in [-0.3, -0.25) is 0 Å². The van der Waals surface area contributed by atoms with Crippen LogP contribution in [0.2, 0.25) is 0 Å². The molecule has 0 saturated carbocycles. The first-order chi connectivity index (χ1) is 8.15. The molecule has 0 amide bonds. The highest BCUT2D eigenvalue weighted by Gasteiger charge is 2.04. The number of carbonyl (C=O) groups is 1. The molecule has 0 radical (unpaired) electrons. The molecule has 2 aromatic rings. The van der Waals surface area contributed by atoms with Crippen LogP contribution in [0.25, 0.3) is 0 Å². The van der Waals surface area contributed by atoms with Crippen molar-refractivity contribution in [2.24, 2.45) is 0 Å². The third-order valence-corrected chi connectivity index (χ3v) is 1.96. The number of aromatic amines is 1. The average molecular weight is 232 g/mol. The fourth-order valence-electron chi connectivity index (χ4n) is 1.21. The van der Waals surface area contributed by atoms with Gasteiger partial charge in [-0.25, -0.2) is 9.59 Å². The number of ether oxygens (including phenoxy) is 1. The van der Waals surface area contributed by atoms with Crippen molar-refractivity contribution in [3.63, 3.8) is 0 Å². The van der Waals surface area contributed by atoms with Crippen LogP contribution in [-0.4, -0.2) is 21.0 Å². The van der Waals surface area contributed by atoms with Crippen LogP contribution in [0.3, 0.4) is 0 Å². The number of aromatic carboxylic acids is 1. The summed E-state index contributed by atoms with van der Waals surface area (Å²) in [6.07, 6.45) is 2.61. The lowest BCUT2D eigenvalue weighted by molar-refractivity contribution is 0.0696. The van der Waals surface area contributed by atoms with Crippen LogP contribution in [0.15, 0.2) is 41.5 Å². The molecule has 0 saturated heterocycles. The first-order valence-electron chi connectivity index (χ1n) is 4.71. The number of carboxylic acids is 1. The van der Waals surface area contributed by atoms with E-state index >= 15 is 0 Å². The number of nitrogens with one attached hydrogen (secondary N) is 1. The van der Waals surface area contributed by atoms with Gasteiger partial charge in [-0.05, 0) is 18.2 Å². The molecule has 0 spiro atoms. The SMILES string of the molecule is O=C(O)c1cccc(Oc2cnc(=O)[nH]c2)c1. The minimum Gasteiger partial charge on any atom is -0.478 e. The molecule has 2 rings (SSSR count). The van der Waals surface area contributed by atoms with Gasteiger partial charge < -0.3 is 14.8 Å². The largest absolute Gasteiger partial charge is 0.478 e. The quantitative estimate of drug-likeness (QED) is 0.831. The lowest BCUT2D eigenvalue weighted by Crippen LogP contribution is -2.07. The Morgan fingerprint density at radius 1 is 1.35 bits per heavy atom. The molecule has 2 N–H and O–H groups in total. The van der Waals surface area contributed by atoms with E-state index in [1.54, 1.807) is 12.1 Å². The number of hydrogen-bond acceptors (Lipinski definition) is 4. The van der Waals surface area contributed by atoms with E-state index in [9.17, 15) is 9.59 Å². The van der Waals surface area contributed by atoms with Gasteiger partial charge in [0.15, 0.2) is 5.75 Å². The standard InChI is InChI=1S/C11H8N2O4/c14-10(15)7-2-1-3-8(4-7)17-9-5-12-11(16)13-6-9/h1-6H,(H,14,15)(H,12,13,16). The zero-order valence-electron chi connectivity index (χ0n) is 8.58. The van der Waals surface area contributed by atoms with Crippen molar-refractivity contribution in [2.75, 3.05) is 0 Å². The molecule has 0 fully saturated rings. The van der Waals surface area contributed by atoms with Gasteiger partial charge in [0.05, 0.1) is 18.0 Å². The maximum atomic E-state index is 10.7. The Labute approximate surface area is 95.5 Å². The summed E-state index contributed by atoms with van der Waals surface area (Å²) in [7, 11) is 0.